The molecule has 3 aromatic rings. The van der Waals surface area contributed by atoms with Crippen LogP contribution >= 0.6 is 0 Å². The Labute approximate surface area is 166 Å². The molecule has 0 amide bonds. The molecule has 2 aliphatic heterocycles. The van der Waals surface area contributed by atoms with Gasteiger partial charge in [0.15, 0.2) is 11.5 Å². The van der Waals surface area contributed by atoms with Crippen LogP contribution in [0.2, 0.25) is 0 Å². The molecular formula is C24H27NO3. The maximum atomic E-state index is 5.63. The molecule has 0 aromatic heterocycles. The SMILES string of the molecule is COc1ccc2c(c1)c1c(c3cc(OC)c(OC)cc32)CN2CCCCC2C1. The van der Waals surface area contributed by atoms with Crippen molar-refractivity contribution in [2.45, 2.75) is 38.3 Å². The molecule has 1 fully saturated rings. The minimum absolute atomic E-state index is 0.660. The van der Waals surface area contributed by atoms with E-state index in [2.05, 4.69) is 35.2 Å². The zero-order valence-electron chi connectivity index (χ0n) is 16.9. The Bertz CT molecular complexity index is 1060. The number of piperidine rings is 1. The summed E-state index contributed by atoms with van der Waals surface area (Å²) in [4.78, 5) is 2.67. The van der Waals surface area contributed by atoms with Crippen molar-refractivity contribution < 1.29 is 14.2 Å². The molecule has 4 heteroatoms. The summed E-state index contributed by atoms with van der Waals surface area (Å²) in [6.45, 7) is 2.22. The molecule has 146 valence electrons. The Morgan fingerprint density at radius 1 is 0.786 bits per heavy atom. The standard InChI is InChI=1S/C24H27NO3/c1-26-16-7-8-17-19(11-16)18-10-15-6-4-5-9-25(15)14-22(18)21-13-24(28-3)23(27-2)12-20(17)21/h7-8,11-13,15H,4-6,9-10,14H2,1-3H3. The number of benzene rings is 3. The zero-order chi connectivity index (χ0) is 19.3. The summed E-state index contributed by atoms with van der Waals surface area (Å²) in [5.74, 6) is 2.49. The Balaban J connectivity index is 1.85. The monoisotopic (exact) mass is 377 g/mol. The van der Waals surface area contributed by atoms with Crippen LogP contribution in [-0.4, -0.2) is 38.8 Å². The van der Waals surface area contributed by atoms with E-state index in [-0.39, 0.29) is 0 Å². The summed E-state index contributed by atoms with van der Waals surface area (Å²) in [7, 11) is 5.15. The number of fused-ring (bicyclic) bond motifs is 7. The summed E-state index contributed by atoms with van der Waals surface area (Å²) >= 11 is 0. The molecule has 5 rings (SSSR count). The Kier molecular flexibility index (Phi) is 4.31. The third kappa shape index (κ3) is 2.62. The van der Waals surface area contributed by atoms with Crippen molar-refractivity contribution in [1.82, 2.24) is 4.90 Å². The van der Waals surface area contributed by atoms with Gasteiger partial charge in [0, 0.05) is 12.6 Å². The Morgan fingerprint density at radius 3 is 2.29 bits per heavy atom. The van der Waals surface area contributed by atoms with Gasteiger partial charge in [-0.15, -0.1) is 0 Å². The molecule has 1 saturated heterocycles. The van der Waals surface area contributed by atoms with Crippen LogP contribution in [0, 0.1) is 0 Å². The van der Waals surface area contributed by atoms with Gasteiger partial charge < -0.3 is 14.2 Å². The summed E-state index contributed by atoms with van der Waals surface area (Å²) < 4.78 is 16.8. The van der Waals surface area contributed by atoms with Crippen molar-refractivity contribution in [2.75, 3.05) is 27.9 Å². The number of rotatable bonds is 3. The quantitative estimate of drug-likeness (QED) is 0.606. The predicted octanol–water partition coefficient (Wildman–Crippen LogP) is 4.93. The van der Waals surface area contributed by atoms with Gasteiger partial charge in [-0.1, -0.05) is 12.5 Å². The summed E-state index contributed by atoms with van der Waals surface area (Å²) in [5, 5.41) is 5.10. The van der Waals surface area contributed by atoms with Crippen LogP contribution in [-0.2, 0) is 13.0 Å². The van der Waals surface area contributed by atoms with Crippen molar-refractivity contribution >= 4 is 21.5 Å². The third-order valence-corrected chi connectivity index (χ3v) is 6.61. The molecule has 0 aliphatic carbocycles. The second-order valence-corrected chi connectivity index (χ2v) is 7.95. The highest BCUT2D eigenvalue weighted by molar-refractivity contribution is 6.12. The van der Waals surface area contributed by atoms with E-state index in [1.54, 1.807) is 21.3 Å². The van der Waals surface area contributed by atoms with Gasteiger partial charge in [0.25, 0.3) is 0 Å². The summed E-state index contributed by atoms with van der Waals surface area (Å²) in [6.07, 6.45) is 5.07. The molecule has 0 spiro atoms. The molecule has 0 N–H and O–H groups in total. The molecule has 4 nitrogen and oxygen atoms in total. The van der Waals surface area contributed by atoms with E-state index >= 15 is 0 Å². The molecule has 1 atom stereocenters. The number of nitrogens with zero attached hydrogens (tertiary/aromatic N) is 1. The maximum absolute atomic E-state index is 5.63. The van der Waals surface area contributed by atoms with Gasteiger partial charge in [-0.25, -0.2) is 0 Å². The van der Waals surface area contributed by atoms with Crippen molar-refractivity contribution in [2.24, 2.45) is 0 Å². The highest BCUT2D eigenvalue weighted by Gasteiger charge is 2.31. The summed E-state index contributed by atoms with van der Waals surface area (Å²) in [6, 6.07) is 11.4. The van der Waals surface area contributed by atoms with Gasteiger partial charge in [0.2, 0.25) is 0 Å². The predicted molar refractivity (Wildman–Crippen MR) is 113 cm³/mol. The first-order valence-corrected chi connectivity index (χ1v) is 10.1. The Morgan fingerprint density at radius 2 is 1.54 bits per heavy atom. The Hall–Kier alpha value is -2.46. The number of methoxy groups -OCH3 is 3. The average molecular weight is 377 g/mol. The van der Waals surface area contributed by atoms with Crippen molar-refractivity contribution in [3.63, 3.8) is 0 Å². The first-order valence-electron chi connectivity index (χ1n) is 10.1. The van der Waals surface area contributed by atoms with Crippen LogP contribution in [0.3, 0.4) is 0 Å². The third-order valence-electron chi connectivity index (χ3n) is 6.61. The molecule has 28 heavy (non-hydrogen) atoms. The van der Waals surface area contributed by atoms with Gasteiger partial charge in [-0.2, -0.15) is 0 Å². The number of hydrogen-bond acceptors (Lipinski definition) is 4. The van der Waals surface area contributed by atoms with Gasteiger partial charge in [-0.05, 0) is 82.7 Å². The van der Waals surface area contributed by atoms with Crippen LogP contribution in [0.4, 0.5) is 0 Å². The molecule has 1 unspecified atom stereocenters. The van der Waals surface area contributed by atoms with Crippen LogP contribution in [0.1, 0.15) is 30.4 Å². The largest absolute Gasteiger partial charge is 0.497 e. The van der Waals surface area contributed by atoms with Gasteiger partial charge in [0.05, 0.1) is 21.3 Å². The van der Waals surface area contributed by atoms with Crippen LogP contribution < -0.4 is 14.2 Å². The smallest absolute Gasteiger partial charge is 0.161 e. The van der Waals surface area contributed by atoms with E-state index in [4.69, 9.17) is 14.2 Å². The molecule has 0 saturated carbocycles. The lowest BCUT2D eigenvalue weighted by molar-refractivity contribution is 0.128. The molecule has 2 aliphatic rings. The molecule has 2 heterocycles. The van der Waals surface area contributed by atoms with Gasteiger partial charge in [-0.3, -0.25) is 4.90 Å². The van der Waals surface area contributed by atoms with Crippen molar-refractivity contribution in [1.29, 1.82) is 0 Å². The zero-order valence-corrected chi connectivity index (χ0v) is 16.9. The van der Waals surface area contributed by atoms with Crippen LogP contribution in [0.25, 0.3) is 21.5 Å². The van der Waals surface area contributed by atoms with E-state index in [1.807, 2.05) is 0 Å². The van der Waals surface area contributed by atoms with Crippen molar-refractivity contribution in [3.05, 3.63) is 41.5 Å². The number of hydrogen-bond donors (Lipinski definition) is 0. The fourth-order valence-electron chi connectivity index (χ4n) is 5.16. The van der Waals surface area contributed by atoms with E-state index in [0.717, 1.165) is 30.2 Å². The topological polar surface area (TPSA) is 30.9 Å². The van der Waals surface area contributed by atoms with Crippen molar-refractivity contribution in [3.8, 4) is 17.2 Å². The van der Waals surface area contributed by atoms with E-state index in [9.17, 15) is 0 Å². The van der Waals surface area contributed by atoms with Crippen LogP contribution in [0.5, 0.6) is 17.2 Å². The molecule has 0 bridgehead atoms. The second kappa shape index (κ2) is 6.85. The minimum atomic E-state index is 0.660. The second-order valence-electron chi connectivity index (χ2n) is 7.95. The summed E-state index contributed by atoms with van der Waals surface area (Å²) in [5.41, 5.74) is 2.92. The lowest BCUT2D eigenvalue weighted by atomic mass is 9.82. The number of ether oxygens (including phenoxy) is 3. The van der Waals surface area contributed by atoms with E-state index < -0.39 is 0 Å². The normalized spacial score (nSPS) is 19.3. The highest BCUT2D eigenvalue weighted by atomic mass is 16.5. The fraction of sp³-hybridized carbons (Fsp3) is 0.417. The van der Waals surface area contributed by atoms with E-state index in [0.29, 0.717) is 6.04 Å². The van der Waals surface area contributed by atoms with Gasteiger partial charge in [0.1, 0.15) is 5.75 Å². The first-order chi connectivity index (χ1) is 13.7. The maximum Gasteiger partial charge on any atom is 0.161 e. The lowest BCUT2D eigenvalue weighted by Gasteiger charge is -2.41. The van der Waals surface area contributed by atoms with Crippen LogP contribution in [0.15, 0.2) is 30.3 Å². The first kappa shape index (κ1) is 17.6. The van der Waals surface area contributed by atoms with E-state index in [1.165, 1.54) is 58.5 Å². The highest BCUT2D eigenvalue weighted by Crippen LogP contribution is 2.44. The molecular weight excluding hydrogens is 350 g/mol. The lowest BCUT2D eigenvalue weighted by Crippen LogP contribution is -2.43. The molecule has 0 radical (unpaired) electrons. The van der Waals surface area contributed by atoms with Gasteiger partial charge >= 0.3 is 0 Å². The minimum Gasteiger partial charge on any atom is -0.497 e. The molecule has 3 aromatic carbocycles. The fourth-order valence-corrected chi connectivity index (χ4v) is 5.16. The average Bonchev–Trinajstić information content (AvgIpc) is 2.76.